The van der Waals surface area contributed by atoms with Crippen LogP contribution in [0.15, 0.2) is 0 Å². The lowest BCUT2D eigenvalue weighted by molar-refractivity contribution is 0.129. The molecule has 0 aliphatic carbocycles. The van der Waals surface area contributed by atoms with Crippen LogP contribution in [0.5, 0.6) is 0 Å². The first kappa shape index (κ1) is 11.9. The van der Waals surface area contributed by atoms with Crippen molar-refractivity contribution in [3.05, 3.63) is 0 Å². The van der Waals surface area contributed by atoms with Gasteiger partial charge in [-0.25, -0.2) is 0 Å². The minimum Gasteiger partial charge on any atom is -0.313 e. The van der Waals surface area contributed by atoms with Crippen LogP contribution in [0.4, 0.5) is 0 Å². The average molecular weight is 237 g/mol. The van der Waals surface area contributed by atoms with E-state index >= 15 is 0 Å². The van der Waals surface area contributed by atoms with Gasteiger partial charge in [-0.2, -0.15) is 0 Å². The summed E-state index contributed by atoms with van der Waals surface area (Å²) in [7, 11) is 0. The lowest BCUT2D eigenvalue weighted by Crippen LogP contribution is -2.47. The van der Waals surface area contributed by atoms with Crippen LogP contribution in [0, 0.1) is 0 Å². The molecule has 3 aliphatic rings. The van der Waals surface area contributed by atoms with Crippen molar-refractivity contribution in [1.29, 1.82) is 0 Å². The second-order valence-corrected chi connectivity index (χ2v) is 5.99. The van der Waals surface area contributed by atoms with Crippen molar-refractivity contribution >= 4 is 0 Å². The van der Waals surface area contributed by atoms with Gasteiger partial charge in [0.25, 0.3) is 0 Å². The molecule has 3 aliphatic heterocycles. The molecule has 3 nitrogen and oxygen atoms in total. The fourth-order valence-electron chi connectivity index (χ4n) is 4.19. The Bertz CT molecular complexity index is 256. The van der Waals surface area contributed by atoms with Crippen molar-refractivity contribution in [2.24, 2.45) is 0 Å². The van der Waals surface area contributed by atoms with E-state index in [1.165, 1.54) is 58.3 Å². The normalized spacial score (nSPS) is 39.7. The number of nitrogens with zero attached hydrogens (tertiary/aromatic N) is 2. The van der Waals surface area contributed by atoms with Crippen LogP contribution in [0.2, 0.25) is 0 Å². The summed E-state index contributed by atoms with van der Waals surface area (Å²) in [6.45, 7) is 8.69. The molecule has 0 saturated carbocycles. The Morgan fingerprint density at radius 1 is 0.941 bits per heavy atom. The van der Waals surface area contributed by atoms with E-state index in [-0.39, 0.29) is 0 Å². The summed E-state index contributed by atoms with van der Waals surface area (Å²) in [6.07, 6.45) is 7.12. The summed E-state index contributed by atoms with van der Waals surface area (Å²) in [5, 5.41) is 3.61. The predicted molar refractivity (Wildman–Crippen MR) is 71.3 cm³/mol. The Morgan fingerprint density at radius 2 is 1.76 bits per heavy atom. The molecule has 17 heavy (non-hydrogen) atoms. The number of fused-ring (bicyclic) bond motifs is 1. The van der Waals surface area contributed by atoms with E-state index in [0.29, 0.717) is 0 Å². The fraction of sp³-hybridized carbons (Fsp3) is 1.00. The van der Waals surface area contributed by atoms with Crippen molar-refractivity contribution in [2.45, 2.75) is 57.2 Å². The Balaban J connectivity index is 1.58. The van der Waals surface area contributed by atoms with Gasteiger partial charge < -0.3 is 5.32 Å². The number of likely N-dealkylation sites (N-methyl/N-ethyl adjacent to an activating group) is 1. The molecular weight excluding hydrogens is 210 g/mol. The fourth-order valence-corrected chi connectivity index (χ4v) is 4.19. The van der Waals surface area contributed by atoms with E-state index in [9.17, 15) is 0 Å². The lowest BCUT2D eigenvalue weighted by Gasteiger charge is -2.36. The van der Waals surface area contributed by atoms with Gasteiger partial charge in [0.05, 0.1) is 0 Å². The van der Waals surface area contributed by atoms with Gasteiger partial charge in [0, 0.05) is 37.8 Å². The first-order valence-corrected chi connectivity index (χ1v) is 7.60. The Labute approximate surface area is 106 Å². The highest BCUT2D eigenvalue weighted by molar-refractivity contribution is 4.98. The number of rotatable bonds is 3. The van der Waals surface area contributed by atoms with E-state index in [0.717, 1.165) is 24.7 Å². The van der Waals surface area contributed by atoms with Crippen LogP contribution in [0.3, 0.4) is 0 Å². The molecule has 0 spiro atoms. The van der Waals surface area contributed by atoms with Crippen molar-refractivity contribution in [3.8, 4) is 0 Å². The van der Waals surface area contributed by atoms with Gasteiger partial charge >= 0.3 is 0 Å². The monoisotopic (exact) mass is 237 g/mol. The number of hydrogen-bond acceptors (Lipinski definition) is 3. The first-order valence-electron chi connectivity index (χ1n) is 7.60. The molecule has 0 bridgehead atoms. The molecule has 3 heterocycles. The van der Waals surface area contributed by atoms with Crippen LogP contribution < -0.4 is 5.32 Å². The third kappa shape index (κ3) is 2.38. The molecular formula is C14H27N3. The molecule has 0 aromatic rings. The molecule has 3 saturated heterocycles. The largest absolute Gasteiger partial charge is 0.313 e. The van der Waals surface area contributed by atoms with Gasteiger partial charge in [0.2, 0.25) is 0 Å². The second kappa shape index (κ2) is 5.25. The molecule has 0 radical (unpaired) electrons. The molecule has 3 heteroatoms. The Morgan fingerprint density at radius 3 is 2.65 bits per heavy atom. The van der Waals surface area contributed by atoms with Crippen LogP contribution in [0.25, 0.3) is 0 Å². The van der Waals surface area contributed by atoms with Gasteiger partial charge in [0.15, 0.2) is 0 Å². The van der Waals surface area contributed by atoms with E-state index < -0.39 is 0 Å². The van der Waals surface area contributed by atoms with E-state index in [1.807, 2.05) is 0 Å². The zero-order valence-corrected chi connectivity index (χ0v) is 11.2. The second-order valence-electron chi connectivity index (χ2n) is 5.99. The summed E-state index contributed by atoms with van der Waals surface area (Å²) < 4.78 is 0. The summed E-state index contributed by atoms with van der Waals surface area (Å²) >= 11 is 0. The van der Waals surface area contributed by atoms with Crippen LogP contribution in [0.1, 0.15) is 39.0 Å². The highest BCUT2D eigenvalue weighted by Gasteiger charge is 2.40. The van der Waals surface area contributed by atoms with Gasteiger partial charge in [-0.3, -0.25) is 9.80 Å². The van der Waals surface area contributed by atoms with Crippen molar-refractivity contribution in [2.75, 3.05) is 32.7 Å². The first-order chi connectivity index (χ1) is 8.38. The zero-order valence-electron chi connectivity index (χ0n) is 11.2. The highest BCUT2D eigenvalue weighted by Crippen LogP contribution is 2.32. The van der Waals surface area contributed by atoms with Crippen molar-refractivity contribution in [3.63, 3.8) is 0 Å². The van der Waals surface area contributed by atoms with Crippen LogP contribution in [-0.4, -0.2) is 60.6 Å². The van der Waals surface area contributed by atoms with E-state index in [4.69, 9.17) is 0 Å². The van der Waals surface area contributed by atoms with Crippen LogP contribution in [-0.2, 0) is 0 Å². The maximum atomic E-state index is 3.61. The minimum atomic E-state index is 0.762. The van der Waals surface area contributed by atoms with Gasteiger partial charge in [0.1, 0.15) is 0 Å². The molecule has 3 rings (SSSR count). The number of nitrogens with one attached hydrogen (secondary N) is 1. The minimum absolute atomic E-state index is 0.762. The maximum Gasteiger partial charge on any atom is 0.0264 e. The molecule has 3 unspecified atom stereocenters. The van der Waals surface area contributed by atoms with E-state index in [1.54, 1.807) is 0 Å². The SMILES string of the molecule is CCNC1CCN(C2CCN3CCCCC23)C1. The number of hydrogen-bond donors (Lipinski definition) is 1. The van der Waals surface area contributed by atoms with Crippen LogP contribution >= 0.6 is 0 Å². The summed E-state index contributed by atoms with van der Waals surface area (Å²) in [5.41, 5.74) is 0. The quantitative estimate of drug-likeness (QED) is 0.798. The lowest BCUT2D eigenvalue weighted by atomic mass is 9.98. The topological polar surface area (TPSA) is 18.5 Å². The third-order valence-electron chi connectivity index (χ3n) is 5.00. The molecule has 0 aromatic carbocycles. The predicted octanol–water partition coefficient (Wildman–Crippen LogP) is 1.30. The summed E-state index contributed by atoms with van der Waals surface area (Å²) in [5.74, 6) is 0. The molecule has 3 atom stereocenters. The molecule has 3 fully saturated rings. The zero-order chi connectivity index (χ0) is 11.7. The third-order valence-corrected chi connectivity index (χ3v) is 5.00. The van der Waals surface area contributed by atoms with E-state index in [2.05, 4.69) is 22.0 Å². The van der Waals surface area contributed by atoms with Crippen molar-refractivity contribution in [1.82, 2.24) is 15.1 Å². The van der Waals surface area contributed by atoms with Gasteiger partial charge in [-0.05, 0) is 38.8 Å². The average Bonchev–Trinajstić information content (AvgIpc) is 2.95. The molecule has 1 N–H and O–H groups in total. The Kier molecular flexibility index (Phi) is 3.69. The van der Waals surface area contributed by atoms with Gasteiger partial charge in [-0.1, -0.05) is 13.3 Å². The Hall–Kier alpha value is -0.120. The molecule has 98 valence electrons. The van der Waals surface area contributed by atoms with Gasteiger partial charge in [-0.15, -0.1) is 0 Å². The maximum absolute atomic E-state index is 3.61. The standard InChI is InChI=1S/C14H27N3/c1-2-15-12-6-9-17(11-12)14-7-10-16-8-4-3-5-13(14)16/h12-15H,2-11H2,1H3. The molecule has 0 amide bonds. The molecule has 0 aromatic heterocycles. The smallest absolute Gasteiger partial charge is 0.0264 e. The number of piperidine rings is 1. The summed E-state index contributed by atoms with van der Waals surface area (Å²) in [4.78, 5) is 5.54. The highest BCUT2D eigenvalue weighted by atomic mass is 15.3. The number of likely N-dealkylation sites (tertiary alicyclic amines) is 1. The summed E-state index contributed by atoms with van der Waals surface area (Å²) in [6, 6.07) is 2.53. The van der Waals surface area contributed by atoms with Crippen molar-refractivity contribution < 1.29 is 0 Å².